The molecule has 2 aliphatic rings. The fourth-order valence-electron chi connectivity index (χ4n) is 3.12. The van der Waals surface area contributed by atoms with Crippen LogP contribution in [-0.4, -0.2) is 48.1 Å². The monoisotopic (exact) mass is 380 g/mol. The fourth-order valence-corrected chi connectivity index (χ4v) is 3.12. The number of rotatable bonds is 4. The van der Waals surface area contributed by atoms with Crippen LogP contribution in [0.15, 0.2) is 34.9 Å². The minimum absolute atomic E-state index is 0.174. The summed E-state index contributed by atoms with van der Waals surface area (Å²) in [6.07, 6.45) is 0.684. The maximum Gasteiger partial charge on any atom is 0.338 e. The van der Waals surface area contributed by atoms with E-state index < -0.39 is 36.2 Å². The number of hydrogen-bond acceptors (Lipinski definition) is 8. The lowest BCUT2D eigenvalue weighted by atomic mass is 9.90. The molecular weight excluding hydrogens is 356 g/mol. The van der Waals surface area contributed by atoms with E-state index in [1.54, 1.807) is 13.0 Å². The Morgan fingerprint density at radius 1 is 1.26 bits per heavy atom. The van der Waals surface area contributed by atoms with E-state index >= 15 is 0 Å². The maximum atomic E-state index is 12.2. The third kappa shape index (κ3) is 5.27. The Hall–Kier alpha value is -2.45. The van der Waals surface area contributed by atoms with Crippen molar-refractivity contribution in [3.63, 3.8) is 0 Å². The summed E-state index contributed by atoms with van der Waals surface area (Å²) in [5, 5.41) is 9.24. The van der Waals surface area contributed by atoms with Crippen molar-refractivity contribution in [2.24, 2.45) is 0 Å². The number of ether oxygens (including phenoxy) is 3. The Bertz CT molecular complexity index is 702. The first-order chi connectivity index (χ1) is 12.7. The third-order valence-corrected chi connectivity index (χ3v) is 4.59. The molecule has 0 bridgehead atoms. The van der Waals surface area contributed by atoms with E-state index in [0.29, 0.717) is 29.6 Å². The largest absolute Gasteiger partial charge is 0.461 e. The van der Waals surface area contributed by atoms with E-state index in [1.807, 2.05) is 0 Å². The van der Waals surface area contributed by atoms with Gasteiger partial charge in [0.1, 0.15) is 24.9 Å². The van der Waals surface area contributed by atoms with Gasteiger partial charge in [0.15, 0.2) is 0 Å². The number of carbonyl (C=O) groups excluding carboxylic acids is 3. The fraction of sp³-hybridized carbons (Fsp3) is 0.526. The Kier molecular flexibility index (Phi) is 6.92. The van der Waals surface area contributed by atoms with E-state index in [9.17, 15) is 19.6 Å². The highest BCUT2D eigenvalue weighted by Gasteiger charge is 2.35. The van der Waals surface area contributed by atoms with Crippen LogP contribution in [0.3, 0.4) is 0 Å². The minimum Gasteiger partial charge on any atom is -0.461 e. The lowest BCUT2D eigenvalue weighted by molar-refractivity contribution is -0.273. The van der Waals surface area contributed by atoms with Crippen molar-refractivity contribution in [3.8, 4) is 0 Å². The molecule has 3 unspecified atom stereocenters. The molecule has 3 atom stereocenters. The lowest BCUT2D eigenvalue weighted by Gasteiger charge is -2.26. The van der Waals surface area contributed by atoms with Crippen molar-refractivity contribution in [1.82, 2.24) is 0 Å². The molecule has 1 aliphatic carbocycles. The van der Waals surface area contributed by atoms with Gasteiger partial charge in [-0.3, -0.25) is 14.8 Å². The van der Waals surface area contributed by atoms with Gasteiger partial charge >= 0.3 is 17.9 Å². The number of hydrogen-bond donors (Lipinski definition) is 1. The van der Waals surface area contributed by atoms with Gasteiger partial charge in [-0.25, -0.2) is 9.68 Å². The highest BCUT2D eigenvalue weighted by Crippen LogP contribution is 2.33. The van der Waals surface area contributed by atoms with Crippen LogP contribution in [0.4, 0.5) is 0 Å². The Morgan fingerprint density at radius 3 is 2.56 bits per heavy atom. The molecule has 0 aromatic carbocycles. The Labute approximate surface area is 157 Å². The average molecular weight is 380 g/mol. The summed E-state index contributed by atoms with van der Waals surface area (Å²) in [7, 11) is 0. The van der Waals surface area contributed by atoms with Gasteiger partial charge in [0.25, 0.3) is 0 Å². The van der Waals surface area contributed by atoms with Crippen LogP contribution in [-0.2, 0) is 33.5 Å². The predicted molar refractivity (Wildman–Crippen MR) is 93.3 cm³/mol. The number of fused-ring (bicyclic) bond motifs is 1. The van der Waals surface area contributed by atoms with E-state index in [-0.39, 0.29) is 18.6 Å². The summed E-state index contributed by atoms with van der Waals surface area (Å²) in [4.78, 5) is 39.3. The average Bonchev–Trinajstić information content (AvgIpc) is 2.87. The van der Waals surface area contributed by atoms with Gasteiger partial charge < -0.3 is 14.2 Å². The highest BCUT2D eigenvalue weighted by molar-refractivity contribution is 5.93. The van der Waals surface area contributed by atoms with Gasteiger partial charge in [-0.15, -0.1) is 0 Å². The van der Waals surface area contributed by atoms with Gasteiger partial charge in [0, 0.05) is 20.3 Å². The summed E-state index contributed by atoms with van der Waals surface area (Å²) >= 11 is 0. The zero-order valence-corrected chi connectivity index (χ0v) is 15.6. The van der Waals surface area contributed by atoms with Crippen LogP contribution in [0, 0.1) is 0 Å². The van der Waals surface area contributed by atoms with E-state index in [1.165, 1.54) is 13.8 Å². The van der Waals surface area contributed by atoms with Gasteiger partial charge in [-0.1, -0.05) is 6.58 Å². The van der Waals surface area contributed by atoms with Crippen molar-refractivity contribution < 1.29 is 38.7 Å². The highest BCUT2D eigenvalue weighted by atomic mass is 17.1. The van der Waals surface area contributed by atoms with Crippen LogP contribution < -0.4 is 0 Å². The molecule has 0 fully saturated rings. The maximum absolute atomic E-state index is 12.2. The smallest absolute Gasteiger partial charge is 0.338 e. The van der Waals surface area contributed by atoms with Gasteiger partial charge in [-0.2, -0.15) is 0 Å². The van der Waals surface area contributed by atoms with Crippen LogP contribution >= 0.6 is 0 Å². The topological polar surface area (TPSA) is 108 Å². The van der Waals surface area contributed by atoms with Crippen molar-refractivity contribution in [2.45, 2.75) is 58.3 Å². The third-order valence-electron chi connectivity index (χ3n) is 4.59. The predicted octanol–water partition coefficient (Wildman–Crippen LogP) is 2.25. The molecule has 8 heteroatoms. The van der Waals surface area contributed by atoms with E-state index in [4.69, 9.17) is 14.2 Å². The second kappa shape index (κ2) is 8.96. The summed E-state index contributed by atoms with van der Waals surface area (Å²) in [6.45, 7) is 8.04. The van der Waals surface area contributed by atoms with Gasteiger partial charge in [0.05, 0.1) is 5.57 Å². The molecule has 0 saturated carbocycles. The van der Waals surface area contributed by atoms with Crippen LogP contribution in [0.25, 0.3) is 0 Å². The van der Waals surface area contributed by atoms with E-state index in [0.717, 1.165) is 0 Å². The first-order valence-electron chi connectivity index (χ1n) is 8.62. The van der Waals surface area contributed by atoms with Crippen LogP contribution in [0.1, 0.15) is 40.0 Å². The van der Waals surface area contributed by atoms with E-state index in [2.05, 4.69) is 11.5 Å². The number of esters is 3. The Morgan fingerprint density at radius 2 is 1.96 bits per heavy atom. The molecule has 148 valence electrons. The molecule has 0 saturated heterocycles. The molecule has 1 heterocycles. The standard InChI is InChI=1S/C19H24O8/c1-10-5-6-14-15(9-24-12(3)20)19(22)26-18(14)7-11(2)16(25-13(4)21)8-17(10)27-23/h7,16-18,23H,1,5-6,8-9H2,2-4H3. The van der Waals surface area contributed by atoms with Gasteiger partial charge in [0.2, 0.25) is 0 Å². The normalized spacial score (nSPS) is 26.1. The first-order valence-corrected chi connectivity index (χ1v) is 8.62. The summed E-state index contributed by atoms with van der Waals surface area (Å²) in [5.41, 5.74) is 2.19. The summed E-state index contributed by atoms with van der Waals surface area (Å²) < 4.78 is 15.7. The number of carbonyl (C=O) groups is 3. The molecule has 0 spiro atoms. The zero-order valence-electron chi connectivity index (χ0n) is 15.6. The molecule has 1 aliphatic heterocycles. The molecule has 27 heavy (non-hydrogen) atoms. The molecule has 0 radical (unpaired) electrons. The van der Waals surface area contributed by atoms with Gasteiger partial charge in [-0.05, 0) is 42.6 Å². The van der Waals surface area contributed by atoms with Crippen molar-refractivity contribution in [1.29, 1.82) is 0 Å². The molecule has 1 N–H and O–H groups in total. The quantitative estimate of drug-likeness (QED) is 0.260. The SMILES string of the molecule is C=C1CCC2=C(COC(C)=O)C(=O)OC2C=C(C)C(OC(C)=O)CC1OO. The summed E-state index contributed by atoms with van der Waals surface area (Å²) in [6, 6.07) is 0. The molecule has 8 nitrogen and oxygen atoms in total. The second-order valence-corrected chi connectivity index (χ2v) is 6.61. The van der Waals surface area contributed by atoms with Crippen LogP contribution in [0.2, 0.25) is 0 Å². The van der Waals surface area contributed by atoms with Crippen molar-refractivity contribution in [2.75, 3.05) is 6.61 Å². The van der Waals surface area contributed by atoms with Crippen LogP contribution in [0.5, 0.6) is 0 Å². The lowest BCUT2D eigenvalue weighted by Crippen LogP contribution is -2.28. The molecule has 0 aromatic heterocycles. The van der Waals surface area contributed by atoms with Crippen molar-refractivity contribution >= 4 is 17.9 Å². The second-order valence-electron chi connectivity index (χ2n) is 6.61. The zero-order chi connectivity index (χ0) is 20.1. The minimum atomic E-state index is -0.732. The summed E-state index contributed by atoms with van der Waals surface area (Å²) in [5.74, 6) is -1.54. The molecule has 0 aromatic rings. The molecule has 2 rings (SSSR count). The van der Waals surface area contributed by atoms with Crippen molar-refractivity contribution in [3.05, 3.63) is 34.9 Å². The Balaban J connectivity index is 2.41. The molecular formula is C19H24O8. The first kappa shape index (κ1) is 20.9. The molecule has 0 amide bonds.